The van der Waals surface area contributed by atoms with Gasteiger partial charge in [-0.1, -0.05) is 25.0 Å². The Kier molecular flexibility index (Phi) is 4.54. The van der Waals surface area contributed by atoms with E-state index in [1.165, 1.54) is 62.6 Å². The van der Waals surface area contributed by atoms with Crippen LogP contribution in [0.25, 0.3) is 0 Å². The zero-order chi connectivity index (χ0) is 14.7. The van der Waals surface area contributed by atoms with Crippen molar-refractivity contribution in [2.24, 2.45) is 5.41 Å². The van der Waals surface area contributed by atoms with Gasteiger partial charge in [-0.25, -0.2) is 0 Å². The molecule has 2 aliphatic rings. The molecule has 2 nitrogen and oxygen atoms in total. The first kappa shape index (κ1) is 14.9. The Bertz CT molecular complexity index is 450. The molecule has 1 spiro atoms. The van der Waals surface area contributed by atoms with Crippen LogP contribution in [0.1, 0.15) is 56.9 Å². The van der Waals surface area contributed by atoms with Gasteiger partial charge in [-0.3, -0.25) is 0 Å². The number of hydrogen-bond donors (Lipinski definition) is 1. The minimum absolute atomic E-state index is 0.686. The van der Waals surface area contributed by atoms with E-state index in [1.54, 1.807) is 0 Å². The molecule has 21 heavy (non-hydrogen) atoms. The van der Waals surface area contributed by atoms with E-state index in [4.69, 9.17) is 0 Å². The summed E-state index contributed by atoms with van der Waals surface area (Å²) in [6.45, 7) is 1.02. The van der Waals surface area contributed by atoms with Gasteiger partial charge in [0.15, 0.2) is 0 Å². The molecule has 0 radical (unpaired) electrons. The normalized spacial score (nSPS) is 22.0. The number of benzene rings is 1. The molecule has 2 saturated carbocycles. The van der Waals surface area contributed by atoms with E-state index in [1.807, 2.05) is 0 Å². The number of nitrogens with one attached hydrogen (secondary N) is 1. The maximum Gasteiger partial charge on any atom is 0.0345 e. The van der Waals surface area contributed by atoms with E-state index in [-0.39, 0.29) is 0 Å². The lowest BCUT2D eigenvalue weighted by Crippen LogP contribution is -2.31. The molecule has 1 aromatic rings. The summed E-state index contributed by atoms with van der Waals surface area (Å²) in [6.07, 6.45) is 11.6. The zero-order valence-electron chi connectivity index (χ0n) is 13.7. The maximum absolute atomic E-state index is 3.78. The first-order valence-electron chi connectivity index (χ1n) is 8.65. The number of hydrogen-bond acceptors (Lipinski definition) is 2. The van der Waals surface area contributed by atoms with Crippen LogP contribution in [0.15, 0.2) is 24.3 Å². The standard InChI is InChI=1S/C19H30N2/c1-21(2)15-16-6-5-7-18(14-16)20-17-8-12-19(13-9-17)10-3-4-11-19/h5-7,14,17,20H,3-4,8-13,15H2,1-2H3. The van der Waals surface area contributed by atoms with E-state index in [0.29, 0.717) is 6.04 Å². The molecular weight excluding hydrogens is 256 g/mol. The fourth-order valence-corrected chi connectivity index (χ4v) is 4.36. The van der Waals surface area contributed by atoms with Crippen molar-refractivity contribution < 1.29 is 0 Å². The summed E-state index contributed by atoms with van der Waals surface area (Å²) in [4.78, 5) is 2.23. The smallest absolute Gasteiger partial charge is 0.0345 e. The minimum atomic E-state index is 0.686. The number of anilines is 1. The van der Waals surface area contributed by atoms with Crippen LogP contribution in [0.5, 0.6) is 0 Å². The molecule has 0 bridgehead atoms. The molecule has 0 atom stereocenters. The molecular formula is C19H30N2. The highest BCUT2D eigenvalue weighted by Gasteiger charge is 2.37. The van der Waals surface area contributed by atoms with Gasteiger partial charge in [0.25, 0.3) is 0 Å². The van der Waals surface area contributed by atoms with Crippen molar-refractivity contribution in [3.63, 3.8) is 0 Å². The molecule has 0 aliphatic heterocycles. The molecule has 1 N–H and O–H groups in total. The van der Waals surface area contributed by atoms with Gasteiger partial charge in [-0.05, 0) is 75.7 Å². The Morgan fingerprint density at radius 1 is 1.10 bits per heavy atom. The van der Waals surface area contributed by atoms with E-state index in [2.05, 4.69) is 48.6 Å². The average molecular weight is 286 g/mol. The van der Waals surface area contributed by atoms with Crippen LogP contribution < -0.4 is 5.32 Å². The average Bonchev–Trinajstić information content (AvgIpc) is 2.90. The highest BCUT2D eigenvalue weighted by molar-refractivity contribution is 5.46. The highest BCUT2D eigenvalue weighted by Crippen LogP contribution is 2.49. The van der Waals surface area contributed by atoms with Gasteiger partial charge < -0.3 is 10.2 Å². The van der Waals surface area contributed by atoms with Gasteiger partial charge in [-0.2, -0.15) is 0 Å². The van der Waals surface area contributed by atoms with Gasteiger partial charge in [0.1, 0.15) is 0 Å². The zero-order valence-corrected chi connectivity index (χ0v) is 13.7. The molecule has 2 heteroatoms. The Labute approximate surface area is 129 Å². The van der Waals surface area contributed by atoms with Gasteiger partial charge >= 0.3 is 0 Å². The predicted octanol–water partition coefficient (Wildman–Crippen LogP) is 4.66. The summed E-state index contributed by atoms with van der Waals surface area (Å²) < 4.78 is 0. The second-order valence-electron chi connectivity index (χ2n) is 7.56. The van der Waals surface area contributed by atoms with Crippen molar-refractivity contribution in [3.05, 3.63) is 29.8 Å². The number of rotatable bonds is 4. The fraction of sp³-hybridized carbons (Fsp3) is 0.684. The molecule has 0 unspecified atom stereocenters. The first-order chi connectivity index (χ1) is 10.2. The van der Waals surface area contributed by atoms with Crippen molar-refractivity contribution in [1.29, 1.82) is 0 Å². The van der Waals surface area contributed by atoms with Crippen LogP contribution in [-0.4, -0.2) is 25.0 Å². The summed E-state index contributed by atoms with van der Waals surface area (Å²) in [5.74, 6) is 0. The molecule has 0 saturated heterocycles. The quantitative estimate of drug-likeness (QED) is 0.865. The van der Waals surface area contributed by atoms with E-state index in [9.17, 15) is 0 Å². The van der Waals surface area contributed by atoms with Crippen LogP contribution in [0.2, 0.25) is 0 Å². The van der Waals surface area contributed by atoms with Gasteiger partial charge in [0.2, 0.25) is 0 Å². The number of nitrogens with zero attached hydrogens (tertiary/aromatic N) is 1. The molecule has 3 rings (SSSR count). The molecule has 0 amide bonds. The van der Waals surface area contributed by atoms with Gasteiger partial charge in [-0.15, -0.1) is 0 Å². The van der Waals surface area contributed by atoms with Crippen molar-refractivity contribution in [2.45, 2.75) is 64.0 Å². The molecule has 2 aliphatic carbocycles. The van der Waals surface area contributed by atoms with E-state index < -0.39 is 0 Å². The Morgan fingerprint density at radius 2 is 1.81 bits per heavy atom. The Hall–Kier alpha value is -1.02. The fourth-order valence-electron chi connectivity index (χ4n) is 4.36. The second-order valence-corrected chi connectivity index (χ2v) is 7.56. The Balaban J connectivity index is 1.55. The summed E-state index contributed by atoms with van der Waals surface area (Å²) in [5.41, 5.74) is 3.44. The summed E-state index contributed by atoms with van der Waals surface area (Å²) in [6, 6.07) is 9.63. The first-order valence-corrected chi connectivity index (χ1v) is 8.65. The third kappa shape index (κ3) is 3.79. The monoisotopic (exact) mass is 286 g/mol. The molecule has 0 aromatic heterocycles. The third-order valence-corrected chi connectivity index (χ3v) is 5.51. The Morgan fingerprint density at radius 3 is 2.48 bits per heavy atom. The van der Waals surface area contributed by atoms with Crippen molar-refractivity contribution in [1.82, 2.24) is 4.90 Å². The topological polar surface area (TPSA) is 15.3 Å². The van der Waals surface area contributed by atoms with Crippen molar-refractivity contribution in [3.8, 4) is 0 Å². The molecule has 2 fully saturated rings. The van der Waals surface area contributed by atoms with Crippen molar-refractivity contribution in [2.75, 3.05) is 19.4 Å². The van der Waals surface area contributed by atoms with Crippen LogP contribution in [-0.2, 0) is 6.54 Å². The lowest BCUT2D eigenvalue weighted by molar-refractivity contribution is 0.188. The minimum Gasteiger partial charge on any atom is -0.382 e. The lowest BCUT2D eigenvalue weighted by Gasteiger charge is -2.38. The van der Waals surface area contributed by atoms with Gasteiger partial charge in [0.05, 0.1) is 0 Å². The molecule has 0 heterocycles. The van der Waals surface area contributed by atoms with Crippen molar-refractivity contribution >= 4 is 5.69 Å². The van der Waals surface area contributed by atoms with Gasteiger partial charge in [0, 0.05) is 18.3 Å². The highest BCUT2D eigenvalue weighted by atomic mass is 15.0. The van der Waals surface area contributed by atoms with Crippen LogP contribution in [0, 0.1) is 5.41 Å². The summed E-state index contributed by atoms with van der Waals surface area (Å²) in [5, 5.41) is 3.78. The van der Waals surface area contributed by atoms with E-state index in [0.717, 1.165) is 12.0 Å². The molecule has 1 aromatic carbocycles. The maximum atomic E-state index is 3.78. The largest absolute Gasteiger partial charge is 0.382 e. The molecule has 116 valence electrons. The predicted molar refractivity (Wildman–Crippen MR) is 90.6 cm³/mol. The summed E-state index contributed by atoms with van der Waals surface area (Å²) >= 11 is 0. The lowest BCUT2D eigenvalue weighted by atomic mass is 9.71. The second kappa shape index (κ2) is 6.39. The van der Waals surface area contributed by atoms with Crippen LogP contribution in [0.3, 0.4) is 0 Å². The van der Waals surface area contributed by atoms with Crippen LogP contribution in [0.4, 0.5) is 5.69 Å². The third-order valence-electron chi connectivity index (χ3n) is 5.51. The van der Waals surface area contributed by atoms with Crippen LogP contribution >= 0.6 is 0 Å². The van der Waals surface area contributed by atoms with E-state index >= 15 is 0 Å². The summed E-state index contributed by atoms with van der Waals surface area (Å²) in [7, 11) is 4.25. The SMILES string of the molecule is CN(C)Cc1cccc(NC2CCC3(CCCC3)CC2)c1.